The van der Waals surface area contributed by atoms with E-state index in [-0.39, 0.29) is 0 Å². The number of carbonyl (C=O) groups is 2. The molecule has 1 aromatic carbocycles. The number of Topliss-reactive ketones (excluding diaryl/α,β-unsaturated/α-hetero) is 1. The molecule has 18 heavy (non-hydrogen) atoms. The van der Waals surface area contributed by atoms with Crippen LogP contribution in [0.2, 0.25) is 0 Å². The predicted molar refractivity (Wildman–Crippen MR) is 74.2 cm³/mol. The molecule has 3 N–H and O–H groups in total. The van der Waals surface area contributed by atoms with Gasteiger partial charge in [-0.25, -0.2) is 0 Å². The summed E-state index contributed by atoms with van der Waals surface area (Å²) in [4.78, 5) is 23.2. The highest BCUT2D eigenvalue weighted by atomic mass is 127. The van der Waals surface area contributed by atoms with Crippen LogP contribution in [0.1, 0.15) is 17.3 Å². The first-order valence-corrected chi connectivity index (χ1v) is 6.41. The number of hydrogen-bond acceptors (Lipinski definition) is 4. The van der Waals surface area contributed by atoms with Gasteiger partial charge in [-0.3, -0.25) is 9.59 Å². The van der Waals surface area contributed by atoms with Crippen LogP contribution >= 0.6 is 22.6 Å². The Morgan fingerprint density at radius 2 is 1.89 bits per heavy atom. The van der Waals surface area contributed by atoms with Crippen molar-refractivity contribution in [1.82, 2.24) is 5.32 Å². The van der Waals surface area contributed by atoms with Gasteiger partial charge < -0.3 is 15.5 Å². The minimum Gasteiger partial charge on any atom is -0.391 e. The first-order valence-electron chi connectivity index (χ1n) is 5.33. The number of nitrogens with one attached hydrogen (secondary N) is 1. The molecular weight excluding hydrogens is 349 g/mol. The van der Waals surface area contributed by atoms with Crippen LogP contribution in [-0.4, -0.2) is 40.7 Å². The van der Waals surface area contributed by atoms with Gasteiger partial charge >= 0.3 is 0 Å². The Kier molecular flexibility index (Phi) is 5.70. The molecule has 1 rings (SSSR count). The van der Waals surface area contributed by atoms with Crippen molar-refractivity contribution in [1.29, 1.82) is 0 Å². The lowest BCUT2D eigenvalue weighted by Gasteiger charge is -2.19. The van der Waals surface area contributed by atoms with Crippen molar-refractivity contribution in [3.8, 4) is 0 Å². The van der Waals surface area contributed by atoms with E-state index in [4.69, 9.17) is 5.11 Å². The molecule has 6 heteroatoms. The summed E-state index contributed by atoms with van der Waals surface area (Å²) in [5.41, 5.74) is 0.395. The molecule has 0 spiro atoms. The maximum Gasteiger partial charge on any atom is 0.251 e. The minimum atomic E-state index is -1.10. The molecule has 0 fully saturated rings. The first kappa shape index (κ1) is 15.1. The Morgan fingerprint density at radius 3 is 2.33 bits per heavy atom. The third-order valence-corrected chi connectivity index (χ3v) is 3.10. The van der Waals surface area contributed by atoms with Crippen LogP contribution in [0.25, 0.3) is 0 Å². The van der Waals surface area contributed by atoms with Gasteiger partial charge in [-0.15, -0.1) is 0 Å². The summed E-state index contributed by atoms with van der Waals surface area (Å²) in [6.45, 7) is 0.662. The van der Waals surface area contributed by atoms with Gasteiger partial charge in [-0.05, 0) is 53.8 Å². The van der Waals surface area contributed by atoms with E-state index in [1.54, 1.807) is 24.3 Å². The van der Waals surface area contributed by atoms with E-state index in [0.29, 0.717) is 5.56 Å². The van der Waals surface area contributed by atoms with E-state index < -0.39 is 30.4 Å². The number of ketones is 1. The third-order valence-electron chi connectivity index (χ3n) is 2.38. The van der Waals surface area contributed by atoms with Crippen LogP contribution in [0.4, 0.5) is 0 Å². The normalized spacial score (nSPS) is 13.8. The van der Waals surface area contributed by atoms with Gasteiger partial charge in [0.05, 0.1) is 6.10 Å². The summed E-state index contributed by atoms with van der Waals surface area (Å²) in [6.07, 6.45) is -1.06. The fourth-order valence-electron chi connectivity index (χ4n) is 1.39. The van der Waals surface area contributed by atoms with Gasteiger partial charge in [0.1, 0.15) is 12.6 Å². The zero-order valence-electron chi connectivity index (χ0n) is 9.76. The molecule has 2 atom stereocenters. The van der Waals surface area contributed by atoms with Crippen LogP contribution in [0.5, 0.6) is 0 Å². The Morgan fingerprint density at radius 1 is 1.33 bits per heavy atom. The predicted octanol–water partition coefficient (Wildman–Crippen LogP) is 0.332. The zero-order chi connectivity index (χ0) is 13.7. The highest BCUT2D eigenvalue weighted by Crippen LogP contribution is 2.07. The SMILES string of the molecule is C[C@@H](O)[C@H](NC(=O)c1ccc(I)cc1)C(=O)CO. The summed E-state index contributed by atoms with van der Waals surface area (Å²) >= 11 is 2.11. The first-order chi connectivity index (χ1) is 8.45. The fraction of sp³-hybridized carbons (Fsp3) is 0.333. The van der Waals surface area contributed by atoms with Gasteiger partial charge in [0.25, 0.3) is 5.91 Å². The zero-order valence-corrected chi connectivity index (χ0v) is 11.9. The van der Waals surface area contributed by atoms with Crippen molar-refractivity contribution in [2.75, 3.05) is 6.61 Å². The second kappa shape index (κ2) is 6.81. The van der Waals surface area contributed by atoms with Crippen LogP contribution < -0.4 is 5.32 Å². The monoisotopic (exact) mass is 363 g/mol. The van der Waals surface area contributed by atoms with E-state index >= 15 is 0 Å². The van der Waals surface area contributed by atoms with E-state index in [2.05, 4.69) is 27.9 Å². The number of carbonyl (C=O) groups excluding carboxylic acids is 2. The highest BCUT2D eigenvalue weighted by Gasteiger charge is 2.25. The topological polar surface area (TPSA) is 86.6 Å². The quantitative estimate of drug-likeness (QED) is 0.659. The van der Waals surface area contributed by atoms with Gasteiger partial charge in [0, 0.05) is 9.13 Å². The summed E-state index contributed by atoms with van der Waals surface area (Å²) in [6, 6.07) is 5.68. The summed E-state index contributed by atoms with van der Waals surface area (Å²) in [5, 5.41) is 20.6. The van der Waals surface area contributed by atoms with Crippen molar-refractivity contribution in [3.05, 3.63) is 33.4 Å². The summed E-state index contributed by atoms with van der Waals surface area (Å²) < 4.78 is 0.989. The van der Waals surface area contributed by atoms with Crippen LogP contribution in [0.15, 0.2) is 24.3 Å². The molecule has 0 saturated carbocycles. The molecule has 0 aromatic heterocycles. The number of hydrogen-bond donors (Lipinski definition) is 3. The second-order valence-electron chi connectivity index (χ2n) is 3.82. The van der Waals surface area contributed by atoms with Gasteiger partial charge in [-0.2, -0.15) is 0 Å². The Labute approximate surface area is 118 Å². The molecule has 0 radical (unpaired) electrons. The molecule has 0 unspecified atom stereocenters. The van der Waals surface area contributed by atoms with Gasteiger partial charge in [0.15, 0.2) is 5.78 Å². The Balaban J connectivity index is 2.78. The van der Waals surface area contributed by atoms with E-state index in [1.165, 1.54) is 6.92 Å². The summed E-state index contributed by atoms with van der Waals surface area (Å²) in [7, 11) is 0. The smallest absolute Gasteiger partial charge is 0.251 e. The molecule has 0 aliphatic rings. The standard InChI is InChI=1S/C12H14INO4/c1-7(16)11(10(17)6-15)14-12(18)8-2-4-9(13)5-3-8/h2-5,7,11,15-16H,6H2,1H3,(H,14,18)/t7-,11+/m1/s1. The molecule has 0 aliphatic carbocycles. The van der Waals surface area contributed by atoms with Gasteiger partial charge in [0.2, 0.25) is 0 Å². The number of benzene rings is 1. The lowest BCUT2D eigenvalue weighted by Crippen LogP contribution is -2.48. The highest BCUT2D eigenvalue weighted by molar-refractivity contribution is 14.1. The lowest BCUT2D eigenvalue weighted by atomic mass is 10.1. The van der Waals surface area contributed by atoms with E-state index in [0.717, 1.165) is 3.57 Å². The molecule has 0 heterocycles. The number of halogens is 1. The maximum absolute atomic E-state index is 11.8. The van der Waals surface area contributed by atoms with Crippen LogP contribution in [-0.2, 0) is 4.79 Å². The molecule has 0 bridgehead atoms. The maximum atomic E-state index is 11.8. The number of aliphatic hydroxyl groups is 2. The third kappa shape index (κ3) is 4.04. The van der Waals surface area contributed by atoms with Crippen LogP contribution in [0.3, 0.4) is 0 Å². The van der Waals surface area contributed by atoms with Crippen molar-refractivity contribution >= 4 is 34.3 Å². The molecule has 1 aromatic rings. The summed E-state index contributed by atoms with van der Waals surface area (Å²) in [5.74, 6) is -1.08. The average Bonchev–Trinajstić information content (AvgIpc) is 2.35. The Bertz CT molecular complexity index is 430. The minimum absolute atomic E-state index is 0.395. The van der Waals surface area contributed by atoms with E-state index in [9.17, 15) is 14.7 Å². The average molecular weight is 363 g/mol. The Hall–Kier alpha value is -0.990. The van der Waals surface area contributed by atoms with Gasteiger partial charge in [-0.1, -0.05) is 0 Å². The van der Waals surface area contributed by atoms with Crippen molar-refractivity contribution in [3.63, 3.8) is 0 Å². The molecule has 5 nitrogen and oxygen atoms in total. The van der Waals surface area contributed by atoms with E-state index in [1.807, 2.05) is 0 Å². The lowest BCUT2D eigenvalue weighted by molar-refractivity contribution is -0.125. The molecule has 98 valence electrons. The number of aliphatic hydroxyl groups excluding tert-OH is 2. The second-order valence-corrected chi connectivity index (χ2v) is 5.07. The van der Waals surface area contributed by atoms with Crippen molar-refractivity contribution < 1.29 is 19.8 Å². The molecule has 0 aliphatic heterocycles. The largest absolute Gasteiger partial charge is 0.391 e. The van der Waals surface area contributed by atoms with Crippen molar-refractivity contribution in [2.24, 2.45) is 0 Å². The van der Waals surface area contributed by atoms with Crippen LogP contribution in [0, 0.1) is 3.57 Å². The van der Waals surface area contributed by atoms with Crippen molar-refractivity contribution in [2.45, 2.75) is 19.1 Å². The molecule has 1 amide bonds. The number of amides is 1. The molecular formula is C12H14INO4. The number of rotatable bonds is 5. The molecule has 0 saturated heterocycles. The fourth-order valence-corrected chi connectivity index (χ4v) is 1.75.